The van der Waals surface area contributed by atoms with Crippen LogP contribution in [0.4, 0.5) is 0 Å². The predicted molar refractivity (Wildman–Crippen MR) is 106 cm³/mol. The van der Waals surface area contributed by atoms with Crippen LogP contribution in [-0.4, -0.2) is 58.1 Å². The molecular formula is C19H25N5O3S. The summed E-state index contributed by atoms with van der Waals surface area (Å²) in [6.45, 7) is 1.76. The van der Waals surface area contributed by atoms with Crippen molar-refractivity contribution in [1.29, 1.82) is 0 Å². The van der Waals surface area contributed by atoms with Gasteiger partial charge in [0.15, 0.2) is 0 Å². The van der Waals surface area contributed by atoms with Crippen molar-refractivity contribution in [2.75, 3.05) is 19.6 Å². The summed E-state index contributed by atoms with van der Waals surface area (Å²) in [5.41, 5.74) is 0.547. The molecule has 2 aromatic rings. The van der Waals surface area contributed by atoms with Crippen molar-refractivity contribution >= 4 is 29.1 Å². The van der Waals surface area contributed by atoms with Crippen LogP contribution in [0.1, 0.15) is 45.7 Å². The highest BCUT2D eigenvalue weighted by Crippen LogP contribution is 2.13. The number of rotatable bonds is 7. The normalized spacial score (nSPS) is 14.7. The zero-order chi connectivity index (χ0) is 19.9. The van der Waals surface area contributed by atoms with Gasteiger partial charge in [-0.1, -0.05) is 6.07 Å². The molecular weight excluding hydrogens is 378 g/mol. The molecule has 2 N–H and O–H groups in total. The second kappa shape index (κ2) is 9.50. The monoisotopic (exact) mass is 403 g/mol. The fraction of sp³-hybridized carbons (Fsp3) is 0.474. The number of carbonyl (C=O) groups excluding carboxylic acids is 3. The lowest BCUT2D eigenvalue weighted by Gasteiger charge is -2.32. The average Bonchev–Trinajstić information content (AvgIpc) is 3.37. The summed E-state index contributed by atoms with van der Waals surface area (Å²) in [5.74, 6) is -0.116. The van der Waals surface area contributed by atoms with Crippen LogP contribution in [0, 0.1) is 0 Å². The van der Waals surface area contributed by atoms with Gasteiger partial charge in [-0.3, -0.25) is 19.1 Å². The highest BCUT2D eigenvalue weighted by molar-refractivity contribution is 7.12. The van der Waals surface area contributed by atoms with Gasteiger partial charge >= 0.3 is 0 Å². The summed E-state index contributed by atoms with van der Waals surface area (Å²) in [6.07, 6.45) is 5.75. The summed E-state index contributed by atoms with van der Waals surface area (Å²) in [6, 6.07) is 3.69. The highest BCUT2D eigenvalue weighted by atomic mass is 32.1. The van der Waals surface area contributed by atoms with E-state index in [1.54, 1.807) is 30.2 Å². The lowest BCUT2D eigenvalue weighted by molar-refractivity contribution is -0.132. The van der Waals surface area contributed by atoms with Crippen LogP contribution < -0.4 is 10.6 Å². The maximum atomic E-state index is 12.3. The molecule has 0 unspecified atom stereocenters. The third-order valence-electron chi connectivity index (χ3n) is 4.75. The number of thiophene rings is 1. The second-order valence-corrected chi connectivity index (χ2v) is 7.82. The van der Waals surface area contributed by atoms with E-state index in [0.29, 0.717) is 42.9 Å². The van der Waals surface area contributed by atoms with Crippen LogP contribution in [0.2, 0.25) is 0 Å². The molecule has 0 bridgehead atoms. The summed E-state index contributed by atoms with van der Waals surface area (Å²) >= 11 is 1.40. The molecule has 9 heteroatoms. The average molecular weight is 404 g/mol. The topological polar surface area (TPSA) is 96.3 Å². The Morgan fingerprint density at radius 2 is 2.04 bits per heavy atom. The van der Waals surface area contributed by atoms with Gasteiger partial charge < -0.3 is 15.5 Å². The van der Waals surface area contributed by atoms with Crippen LogP contribution >= 0.6 is 11.3 Å². The summed E-state index contributed by atoms with van der Waals surface area (Å²) in [4.78, 5) is 38.9. The molecule has 28 heavy (non-hydrogen) atoms. The van der Waals surface area contributed by atoms with Crippen LogP contribution in [0.5, 0.6) is 0 Å². The molecule has 0 atom stereocenters. The number of piperidine rings is 1. The molecule has 1 saturated heterocycles. The van der Waals surface area contributed by atoms with E-state index >= 15 is 0 Å². The van der Waals surface area contributed by atoms with Gasteiger partial charge in [0.05, 0.1) is 16.6 Å². The van der Waals surface area contributed by atoms with E-state index < -0.39 is 0 Å². The first-order chi connectivity index (χ1) is 13.5. The first kappa shape index (κ1) is 20.1. The van der Waals surface area contributed by atoms with Gasteiger partial charge in [-0.25, -0.2) is 0 Å². The number of carbonyl (C=O) groups is 3. The van der Waals surface area contributed by atoms with E-state index in [9.17, 15) is 14.4 Å². The predicted octanol–water partition coefficient (Wildman–Crippen LogP) is 1.41. The number of aromatic nitrogens is 2. The molecule has 3 rings (SSSR count). The molecule has 1 aliphatic rings. The van der Waals surface area contributed by atoms with Crippen molar-refractivity contribution in [1.82, 2.24) is 25.3 Å². The van der Waals surface area contributed by atoms with Crippen molar-refractivity contribution in [3.05, 3.63) is 40.3 Å². The number of nitrogens with one attached hydrogen (secondary N) is 2. The van der Waals surface area contributed by atoms with E-state index in [2.05, 4.69) is 15.7 Å². The van der Waals surface area contributed by atoms with E-state index in [0.717, 1.165) is 12.8 Å². The molecule has 8 nitrogen and oxygen atoms in total. The Morgan fingerprint density at radius 3 is 2.68 bits per heavy atom. The van der Waals surface area contributed by atoms with Gasteiger partial charge in [0.2, 0.25) is 5.91 Å². The molecule has 3 heterocycles. The molecule has 0 spiro atoms. The van der Waals surface area contributed by atoms with Gasteiger partial charge in [-0.05, 0) is 30.7 Å². The zero-order valence-electron chi connectivity index (χ0n) is 15.9. The van der Waals surface area contributed by atoms with E-state index in [1.807, 2.05) is 16.3 Å². The van der Waals surface area contributed by atoms with Gasteiger partial charge in [0.1, 0.15) is 0 Å². The Kier molecular flexibility index (Phi) is 6.80. The Bertz CT molecular complexity index is 809. The molecule has 1 fully saturated rings. The molecule has 3 amide bonds. The Labute approximate surface area is 167 Å². The van der Waals surface area contributed by atoms with Gasteiger partial charge in [0, 0.05) is 45.3 Å². The fourth-order valence-electron chi connectivity index (χ4n) is 3.17. The fourth-order valence-corrected chi connectivity index (χ4v) is 3.82. The first-order valence-electron chi connectivity index (χ1n) is 9.42. The quantitative estimate of drug-likeness (QED) is 0.683. The number of hydrogen-bond acceptors (Lipinski definition) is 5. The smallest absolute Gasteiger partial charge is 0.261 e. The van der Waals surface area contributed by atoms with E-state index in [1.165, 1.54) is 11.3 Å². The third-order valence-corrected chi connectivity index (χ3v) is 5.62. The van der Waals surface area contributed by atoms with E-state index in [-0.39, 0.29) is 23.8 Å². The highest BCUT2D eigenvalue weighted by Gasteiger charge is 2.24. The van der Waals surface area contributed by atoms with E-state index in [4.69, 9.17) is 0 Å². The van der Waals surface area contributed by atoms with Crippen LogP contribution in [0.3, 0.4) is 0 Å². The largest absolute Gasteiger partial charge is 0.351 e. The number of likely N-dealkylation sites (tertiary alicyclic amines) is 1. The molecule has 0 saturated carbocycles. The maximum absolute atomic E-state index is 12.3. The number of aryl methyl sites for hydroxylation is 1. The SMILES string of the molecule is Cn1cc(C(=O)NC2CCN(C(=O)CCCNC(=O)c3cccs3)CC2)cn1. The minimum atomic E-state index is -0.126. The Hall–Kier alpha value is -2.68. The molecule has 150 valence electrons. The minimum absolute atomic E-state index is 0.0711. The molecule has 0 aliphatic carbocycles. The van der Waals surface area contributed by atoms with Gasteiger partial charge in [0.25, 0.3) is 11.8 Å². The Morgan fingerprint density at radius 1 is 1.25 bits per heavy atom. The number of amides is 3. The molecule has 2 aromatic heterocycles. The number of hydrogen-bond donors (Lipinski definition) is 2. The van der Waals surface area contributed by atoms with Gasteiger partial charge in [-0.15, -0.1) is 11.3 Å². The van der Waals surface area contributed by atoms with Gasteiger partial charge in [-0.2, -0.15) is 5.10 Å². The van der Waals surface area contributed by atoms with Crippen molar-refractivity contribution in [3.8, 4) is 0 Å². The van der Waals surface area contributed by atoms with Crippen molar-refractivity contribution < 1.29 is 14.4 Å². The lowest BCUT2D eigenvalue weighted by atomic mass is 10.0. The summed E-state index contributed by atoms with van der Waals surface area (Å²) in [7, 11) is 1.77. The van der Waals surface area contributed by atoms with Crippen molar-refractivity contribution in [2.45, 2.75) is 31.7 Å². The molecule has 0 aromatic carbocycles. The second-order valence-electron chi connectivity index (χ2n) is 6.87. The third kappa shape index (κ3) is 5.41. The number of nitrogens with zero attached hydrogens (tertiary/aromatic N) is 3. The van der Waals surface area contributed by atoms with Crippen molar-refractivity contribution in [3.63, 3.8) is 0 Å². The first-order valence-corrected chi connectivity index (χ1v) is 10.3. The lowest BCUT2D eigenvalue weighted by Crippen LogP contribution is -2.46. The molecule has 1 aliphatic heterocycles. The molecule has 0 radical (unpaired) electrons. The summed E-state index contributed by atoms with van der Waals surface area (Å²) in [5, 5.41) is 11.7. The minimum Gasteiger partial charge on any atom is -0.351 e. The summed E-state index contributed by atoms with van der Waals surface area (Å²) < 4.78 is 1.60. The Balaban J connectivity index is 1.32. The standard InChI is InChI=1S/C19H25N5O3S/c1-23-13-14(12-21-23)18(26)22-15-6-9-24(10-7-15)17(25)5-2-8-20-19(27)16-4-3-11-28-16/h3-4,11-13,15H,2,5-10H2,1H3,(H,20,27)(H,22,26). The van der Waals surface area contributed by atoms with Crippen molar-refractivity contribution in [2.24, 2.45) is 7.05 Å². The maximum Gasteiger partial charge on any atom is 0.261 e. The van der Waals surface area contributed by atoms with Crippen LogP contribution in [-0.2, 0) is 11.8 Å². The zero-order valence-corrected chi connectivity index (χ0v) is 16.7. The van der Waals surface area contributed by atoms with Crippen LogP contribution in [0.25, 0.3) is 0 Å². The van der Waals surface area contributed by atoms with Crippen LogP contribution in [0.15, 0.2) is 29.9 Å².